The zero-order valence-electron chi connectivity index (χ0n) is 12.9. The van der Waals surface area contributed by atoms with Crippen LogP contribution in [0.2, 0.25) is 0 Å². The predicted molar refractivity (Wildman–Crippen MR) is 87.7 cm³/mol. The van der Waals surface area contributed by atoms with Crippen LogP contribution >= 0.6 is 12.4 Å². The van der Waals surface area contributed by atoms with Gasteiger partial charge in [-0.2, -0.15) is 0 Å². The normalized spacial score (nSPS) is 30.3. The number of hydrogen-bond donors (Lipinski definition) is 1. The van der Waals surface area contributed by atoms with Crippen molar-refractivity contribution in [2.75, 3.05) is 52.4 Å². The Morgan fingerprint density at radius 3 is 2.20 bits per heavy atom. The van der Waals surface area contributed by atoms with Crippen LogP contribution in [0, 0.1) is 11.8 Å². The van der Waals surface area contributed by atoms with Crippen molar-refractivity contribution in [1.29, 1.82) is 0 Å². The predicted octanol–water partition coefficient (Wildman–Crippen LogP) is 2.22. The van der Waals surface area contributed by atoms with Crippen molar-refractivity contribution in [1.82, 2.24) is 15.1 Å². The molecule has 0 radical (unpaired) electrons. The molecule has 1 atom stereocenters. The Labute approximate surface area is 130 Å². The maximum atomic E-state index is 3.48. The lowest BCUT2D eigenvalue weighted by atomic mass is 9.98. The SMILES string of the molecule is C1CCN(CC2CCN(CC3CCNCC3)C2)CC1.Cl. The number of halogens is 1. The van der Waals surface area contributed by atoms with Crippen LogP contribution in [-0.4, -0.2) is 62.2 Å². The summed E-state index contributed by atoms with van der Waals surface area (Å²) in [5.41, 5.74) is 0. The molecule has 0 saturated carbocycles. The number of nitrogens with one attached hydrogen (secondary N) is 1. The molecule has 0 aromatic rings. The molecule has 0 aliphatic carbocycles. The van der Waals surface area contributed by atoms with Crippen LogP contribution < -0.4 is 5.32 Å². The molecule has 0 aromatic heterocycles. The number of rotatable bonds is 4. The van der Waals surface area contributed by atoms with Gasteiger partial charge < -0.3 is 15.1 Å². The van der Waals surface area contributed by atoms with Gasteiger partial charge in [0.1, 0.15) is 0 Å². The Kier molecular flexibility index (Phi) is 7.09. The Hall–Kier alpha value is 0.170. The molecule has 1 N–H and O–H groups in total. The van der Waals surface area contributed by atoms with Crippen LogP contribution in [0.15, 0.2) is 0 Å². The van der Waals surface area contributed by atoms with Gasteiger partial charge in [0.05, 0.1) is 0 Å². The summed E-state index contributed by atoms with van der Waals surface area (Å²) in [6, 6.07) is 0. The first-order valence-electron chi connectivity index (χ1n) is 8.55. The van der Waals surface area contributed by atoms with E-state index in [0.29, 0.717) is 0 Å². The van der Waals surface area contributed by atoms with Gasteiger partial charge in [0.2, 0.25) is 0 Å². The maximum Gasteiger partial charge on any atom is 0.00225 e. The van der Waals surface area contributed by atoms with Crippen LogP contribution in [-0.2, 0) is 0 Å². The fourth-order valence-corrected chi connectivity index (χ4v) is 4.16. The molecule has 3 fully saturated rings. The van der Waals surface area contributed by atoms with E-state index in [0.717, 1.165) is 11.8 Å². The minimum absolute atomic E-state index is 0. The van der Waals surface area contributed by atoms with Gasteiger partial charge in [-0.25, -0.2) is 0 Å². The zero-order valence-corrected chi connectivity index (χ0v) is 13.7. The van der Waals surface area contributed by atoms with Gasteiger partial charge in [-0.1, -0.05) is 6.42 Å². The molecule has 20 heavy (non-hydrogen) atoms. The second kappa shape index (κ2) is 8.57. The Morgan fingerprint density at radius 2 is 1.45 bits per heavy atom. The molecular formula is C16H32ClN3. The van der Waals surface area contributed by atoms with Crippen molar-refractivity contribution in [3.63, 3.8) is 0 Å². The maximum absolute atomic E-state index is 3.48. The molecule has 0 amide bonds. The summed E-state index contributed by atoms with van der Waals surface area (Å²) in [5, 5.41) is 3.48. The number of nitrogens with zero attached hydrogens (tertiary/aromatic N) is 2. The van der Waals surface area contributed by atoms with E-state index in [1.165, 1.54) is 90.9 Å². The quantitative estimate of drug-likeness (QED) is 0.859. The van der Waals surface area contributed by atoms with E-state index in [1.807, 2.05) is 0 Å². The van der Waals surface area contributed by atoms with Gasteiger partial charge in [-0.15, -0.1) is 12.4 Å². The highest BCUT2D eigenvalue weighted by Crippen LogP contribution is 2.22. The highest BCUT2D eigenvalue weighted by atomic mass is 35.5. The van der Waals surface area contributed by atoms with Crippen molar-refractivity contribution in [2.45, 2.75) is 38.5 Å². The molecule has 3 aliphatic heterocycles. The molecule has 3 aliphatic rings. The van der Waals surface area contributed by atoms with Crippen molar-refractivity contribution < 1.29 is 0 Å². The lowest BCUT2D eigenvalue weighted by Gasteiger charge is -2.30. The van der Waals surface area contributed by atoms with Gasteiger partial charge in [-0.3, -0.25) is 0 Å². The molecular weight excluding hydrogens is 270 g/mol. The van der Waals surface area contributed by atoms with Crippen molar-refractivity contribution in [2.24, 2.45) is 11.8 Å². The van der Waals surface area contributed by atoms with E-state index >= 15 is 0 Å². The van der Waals surface area contributed by atoms with Crippen molar-refractivity contribution in [3.05, 3.63) is 0 Å². The van der Waals surface area contributed by atoms with Crippen LogP contribution in [0.5, 0.6) is 0 Å². The second-order valence-corrected chi connectivity index (χ2v) is 6.97. The van der Waals surface area contributed by atoms with E-state index in [2.05, 4.69) is 15.1 Å². The summed E-state index contributed by atoms with van der Waals surface area (Å²) < 4.78 is 0. The average molecular weight is 302 g/mol. The van der Waals surface area contributed by atoms with Gasteiger partial charge >= 0.3 is 0 Å². The minimum atomic E-state index is 0. The number of likely N-dealkylation sites (tertiary alicyclic amines) is 2. The van der Waals surface area contributed by atoms with Crippen molar-refractivity contribution >= 4 is 12.4 Å². The Morgan fingerprint density at radius 1 is 0.750 bits per heavy atom. The van der Waals surface area contributed by atoms with Gasteiger partial charge in [0, 0.05) is 19.6 Å². The zero-order chi connectivity index (χ0) is 12.9. The summed E-state index contributed by atoms with van der Waals surface area (Å²) in [7, 11) is 0. The third kappa shape index (κ3) is 4.87. The lowest BCUT2D eigenvalue weighted by Crippen LogP contribution is -2.37. The van der Waals surface area contributed by atoms with Crippen LogP contribution in [0.25, 0.3) is 0 Å². The molecule has 0 aromatic carbocycles. The molecule has 1 unspecified atom stereocenters. The minimum Gasteiger partial charge on any atom is -0.317 e. The van der Waals surface area contributed by atoms with E-state index in [4.69, 9.17) is 0 Å². The summed E-state index contributed by atoms with van der Waals surface area (Å²) in [4.78, 5) is 5.48. The molecule has 3 heterocycles. The third-order valence-electron chi connectivity index (χ3n) is 5.31. The molecule has 3 saturated heterocycles. The standard InChI is InChI=1S/C16H31N3.ClH/c1-2-9-18(10-3-1)13-16-6-11-19(14-16)12-15-4-7-17-8-5-15;/h15-17H,1-14H2;1H. The van der Waals surface area contributed by atoms with Crippen molar-refractivity contribution in [3.8, 4) is 0 Å². The number of piperidine rings is 2. The first kappa shape index (κ1) is 16.5. The fourth-order valence-electron chi connectivity index (χ4n) is 4.16. The van der Waals surface area contributed by atoms with Gasteiger partial charge in [-0.05, 0) is 76.7 Å². The van der Waals surface area contributed by atoms with E-state index in [9.17, 15) is 0 Å². The summed E-state index contributed by atoms with van der Waals surface area (Å²) in [6.45, 7) is 10.7. The highest BCUT2D eigenvalue weighted by molar-refractivity contribution is 5.85. The molecule has 4 heteroatoms. The third-order valence-corrected chi connectivity index (χ3v) is 5.31. The van der Waals surface area contributed by atoms with Crippen LogP contribution in [0.1, 0.15) is 38.5 Å². The molecule has 3 rings (SSSR count). The summed E-state index contributed by atoms with van der Waals surface area (Å²) in [6.07, 6.45) is 8.57. The van der Waals surface area contributed by atoms with E-state index < -0.39 is 0 Å². The lowest BCUT2D eigenvalue weighted by molar-refractivity contribution is 0.186. The molecule has 118 valence electrons. The second-order valence-electron chi connectivity index (χ2n) is 6.97. The fraction of sp³-hybridized carbons (Fsp3) is 1.00. The Balaban J connectivity index is 0.00000147. The monoisotopic (exact) mass is 301 g/mol. The van der Waals surface area contributed by atoms with E-state index in [1.54, 1.807) is 0 Å². The number of hydrogen-bond acceptors (Lipinski definition) is 3. The first-order valence-corrected chi connectivity index (χ1v) is 8.55. The largest absolute Gasteiger partial charge is 0.317 e. The highest BCUT2D eigenvalue weighted by Gasteiger charge is 2.27. The smallest absolute Gasteiger partial charge is 0.00225 e. The van der Waals surface area contributed by atoms with Crippen LogP contribution in [0.3, 0.4) is 0 Å². The van der Waals surface area contributed by atoms with Gasteiger partial charge in [0.15, 0.2) is 0 Å². The van der Waals surface area contributed by atoms with Gasteiger partial charge in [0.25, 0.3) is 0 Å². The molecule has 0 spiro atoms. The Bertz CT molecular complexity index is 236. The first-order chi connectivity index (χ1) is 9.40. The average Bonchev–Trinajstić information content (AvgIpc) is 2.88. The summed E-state index contributed by atoms with van der Waals surface area (Å²) >= 11 is 0. The summed E-state index contributed by atoms with van der Waals surface area (Å²) in [5.74, 6) is 1.93. The molecule has 3 nitrogen and oxygen atoms in total. The van der Waals surface area contributed by atoms with E-state index in [-0.39, 0.29) is 12.4 Å². The topological polar surface area (TPSA) is 18.5 Å². The van der Waals surface area contributed by atoms with Crippen LogP contribution in [0.4, 0.5) is 0 Å². The molecule has 0 bridgehead atoms.